The van der Waals surface area contributed by atoms with Crippen LogP contribution in [0.2, 0.25) is 0 Å². The van der Waals surface area contributed by atoms with Crippen LogP contribution in [0.3, 0.4) is 0 Å². The predicted molar refractivity (Wildman–Crippen MR) is 110 cm³/mol. The molecule has 2 aromatic rings. The number of anilines is 1. The van der Waals surface area contributed by atoms with E-state index in [4.69, 9.17) is 14.2 Å². The molecule has 0 saturated carbocycles. The molecule has 9 nitrogen and oxygen atoms in total. The smallest absolute Gasteiger partial charge is 0.359 e. The van der Waals surface area contributed by atoms with Gasteiger partial charge in [-0.2, -0.15) is 0 Å². The van der Waals surface area contributed by atoms with Gasteiger partial charge in [0.1, 0.15) is 0 Å². The van der Waals surface area contributed by atoms with Crippen LogP contribution in [-0.2, 0) is 16.0 Å². The first-order chi connectivity index (χ1) is 14.6. The second-order valence-electron chi connectivity index (χ2n) is 6.84. The van der Waals surface area contributed by atoms with Crippen molar-refractivity contribution in [3.8, 4) is 11.5 Å². The molecule has 1 aliphatic rings. The highest BCUT2D eigenvalue weighted by molar-refractivity contribution is 5.89. The van der Waals surface area contributed by atoms with Gasteiger partial charge < -0.3 is 24.4 Å². The topological polar surface area (TPSA) is 103 Å². The number of ether oxygens (including phenoxy) is 3. The van der Waals surface area contributed by atoms with E-state index in [0.717, 1.165) is 37.3 Å². The monoisotopic (exact) mass is 414 g/mol. The first-order valence-corrected chi connectivity index (χ1v) is 9.84. The minimum Gasteiger partial charge on any atom is -0.493 e. The van der Waals surface area contributed by atoms with Gasteiger partial charge in [-0.1, -0.05) is 6.07 Å². The fourth-order valence-corrected chi connectivity index (χ4v) is 3.19. The fraction of sp³-hybridized carbons (Fsp3) is 0.429. The Morgan fingerprint density at radius 1 is 1.03 bits per heavy atom. The normalized spacial score (nSPS) is 13.1. The maximum atomic E-state index is 12.1. The van der Waals surface area contributed by atoms with Crippen LogP contribution < -0.4 is 19.7 Å². The summed E-state index contributed by atoms with van der Waals surface area (Å²) in [5.41, 5.74) is 1.06. The number of carbonyl (C=O) groups excluding carboxylic acids is 2. The van der Waals surface area contributed by atoms with Crippen molar-refractivity contribution >= 4 is 17.7 Å². The van der Waals surface area contributed by atoms with E-state index in [0.29, 0.717) is 24.5 Å². The molecule has 0 atom stereocenters. The lowest BCUT2D eigenvalue weighted by atomic mass is 10.1. The summed E-state index contributed by atoms with van der Waals surface area (Å²) in [5.74, 6) is 0.966. The van der Waals surface area contributed by atoms with Gasteiger partial charge in [-0.15, -0.1) is 10.2 Å². The highest BCUT2D eigenvalue weighted by Gasteiger charge is 2.16. The SMILES string of the molecule is COc1ccc(CCNC(=O)COC(=O)c2ccc(N3CCCC3)nn2)cc1OC. The molecule has 3 rings (SSSR count). The van der Waals surface area contributed by atoms with Crippen LogP contribution in [-0.4, -0.2) is 62.5 Å². The van der Waals surface area contributed by atoms with Gasteiger partial charge in [0.05, 0.1) is 14.2 Å². The summed E-state index contributed by atoms with van der Waals surface area (Å²) in [5, 5.41) is 10.7. The summed E-state index contributed by atoms with van der Waals surface area (Å²) in [4.78, 5) is 26.1. The van der Waals surface area contributed by atoms with E-state index in [9.17, 15) is 9.59 Å². The van der Waals surface area contributed by atoms with E-state index in [-0.39, 0.29) is 18.2 Å². The maximum Gasteiger partial charge on any atom is 0.359 e. The quantitative estimate of drug-likeness (QED) is 0.618. The second-order valence-corrected chi connectivity index (χ2v) is 6.84. The molecule has 1 amide bonds. The Morgan fingerprint density at radius 3 is 2.47 bits per heavy atom. The van der Waals surface area contributed by atoms with Crippen LogP contribution in [0.15, 0.2) is 30.3 Å². The van der Waals surface area contributed by atoms with Crippen LogP contribution in [0.25, 0.3) is 0 Å². The lowest BCUT2D eigenvalue weighted by Gasteiger charge is -2.15. The third-order valence-corrected chi connectivity index (χ3v) is 4.81. The average molecular weight is 414 g/mol. The van der Waals surface area contributed by atoms with Crippen molar-refractivity contribution in [2.24, 2.45) is 0 Å². The van der Waals surface area contributed by atoms with E-state index >= 15 is 0 Å². The highest BCUT2D eigenvalue weighted by atomic mass is 16.5. The zero-order valence-corrected chi connectivity index (χ0v) is 17.2. The van der Waals surface area contributed by atoms with E-state index in [1.54, 1.807) is 26.4 Å². The van der Waals surface area contributed by atoms with Gasteiger partial charge in [0, 0.05) is 19.6 Å². The van der Waals surface area contributed by atoms with E-state index in [1.165, 1.54) is 0 Å². The van der Waals surface area contributed by atoms with Crippen LogP contribution in [0, 0.1) is 0 Å². The third-order valence-electron chi connectivity index (χ3n) is 4.81. The Morgan fingerprint density at radius 2 is 1.80 bits per heavy atom. The number of amides is 1. The van der Waals surface area contributed by atoms with Gasteiger partial charge in [0.25, 0.3) is 5.91 Å². The predicted octanol–water partition coefficient (Wildman–Crippen LogP) is 1.61. The van der Waals surface area contributed by atoms with Crippen molar-refractivity contribution < 1.29 is 23.8 Å². The van der Waals surface area contributed by atoms with E-state index in [2.05, 4.69) is 20.4 Å². The Hall–Kier alpha value is -3.36. The largest absolute Gasteiger partial charge is 0.493 e. The van der Waals surface area contributed by atoms with Crippen molar-refractivity contribution in [3.63, 3.8) is 0 Å². The van der Waals surface area contributed by atoms with Crippen LogP contribution in [0.1, 0.15) is 28.9 Å². The Kier molecular flexibility index (Phi) is 7.42. The zero-order valence-electron chi connectivity index (χ0n) is 17.2. The number of carbonyl (C=O) groups is 2. The number of hydrogen-bond donors (Lipinski definition) is 1. The lowest BCUT2D eigenvalue weighted by molar-refractivity contribution is -0.124. The molecule has 160 valence electrons. The average Bonchev–Trinajstić information content (AvgIpc) is 3.32. The minimum absolute atomic E-state index is 0.0797. The summed E-state index contributed by atoms with van der Waals surface area (Å²) in [6.07, 6.45) is 2.86. The number of rotatable bonds is 9. The van der Waals surface area contributed by atoms with Crippen LogP contribution in [0.5, 0.6) is 11.5 Å². The number of hydrogen-bond acceptors (Lipinski definition) is 8. The molecular formula is C21H26N4O5. The maximum absolute atomic E-state index is 12.1. The molecule has 1 fully saturated rings. The molecule has 0 aliphatic carbocycles. The summed E-state index contributed by atoms with van der Waals surface area (Å²) >= 11 is 0. The van der Waals surface area contributed by atoms with Crippen molar-refractivity contribution in [2.75, 3.05) is 45.4 Å². The molecule has 9 heteroatoms. The molecule has 1 saturated heterocycles. The molecule has 30 heavy (non-hydrogen) atoms. The molecule has 2 heterocycles. The summed E-state index contributed by atoms with van der Waals surface area (Å²) in [6.45, 7) is 1.92. The Labute approximate surface area is 175 Å². The molecule has 0 spiro atoms. The first-order valence-electron chi connectivity index (χ1n) is 9.84. The van der Waals surface area contributed by atoms with Crippen molar-refractivity contribution in [1.29, 1.82) is 0 Å². The van der Waals surface area contributed by atoms with Crippen molar-refractivity contribution in [2.45, 2.75) is 19.3 Å². The van der Waals surface area contributed by atoms with Crippen LogP contribution in [0.4, 0.5) is 5.82 Å². The molecule has 1 aromatic heterocycles. The van der Waals surface area contributed by atoms with Crippen molar-refractivity contribution in [1.82, 2.24) is 15.5 Å². The summed E-state index contributed by atoms with van der Waals surface area (Å²) < 4.78 is 15.5. The summed E-state index contributed by atoms with van der Waals surface area (Å²) in [7, 11) is 3.15. The van der Waals surface area contributed by atoms with Gasteiger partial charge in [-0.25, -0.2) is 4.79 Å². The molecule has 1 N–H and O–H groups in total. The number of benzene rings is 1. The minimum atomic E-state index is -0.675. The van der Waals surface area contributed by atoms with E-state index < -0.39 is 5.97 Å². The Bertz CT molecular complexity index is 866. The third kappa shape index (κ3) is 5.59. The zero-order chi connectivity index (χ0) is 21.3. The molecular weight excluding hydrogens is 388 g/mol. The molecule has 0 radical (unpaired) electrons. The van der Waals surface area contributed by atoms with Gasteiger partial charge in [-0.05, 0) is 49.1 Å². The van der Waals surface area contributed by atoms with E-state index in [1.807, 2.05) is 18.2 Å². The van der Waals surface area contributed by atoms with Gasteiger partial charge in [0.15, 0.2) is 29.6 Å². The highest BCUT2D eigenvalue weighted by Crippen LogP contribution is 2.27. The first kappa shape index (κ1) is 21.4. The standard InChI is InChI=1S/C21H26N4O5/c1-28-17-7-5-15(13-18(17)29-2)9-10-22-20(26)14-30-21(27)16-6-8-19(24-23-16)25-11-3-4-12-25/h5-8,13H,3-4,9-12,14H2,1-2H3,(H,22,26). The number of aromatic nitrogens is 2. The number of nitrogens with one attached hydrogen (secondary N) is 1. The molecule has 1 aromatic carbocycles. The number of esters is 1. The molecule has 0 bridgehead atoms. The van der Waals surface area contributed by atoms with Crippen LogP contribution >= 0.6 is 0 Å². The van der Waals surface area contributed by atoms with Gasteiger partial charge in [-0.3, -0.25) is 4.79 Å². The molecule has 1 aliphatic heterocycles. The lowest BCUT2D eigenvalue weighted by Crippen LogP contribution is -2.30. The Balaban J connectivity index is 1.40. The van der Waals surface area contributed by atoms with Crippen molar-refractivity contribution in [3.05, 3.63) is 41.6 Å². The fourth-order valence-electron chi connectivity index (χ4n) is 3.19. The van der Waals surface area contributed by atoms with Gasteiger partial charge in [0.2, 0.25) is 0 Å². The van der Waals surface area contributed by atoms with Gasteiger partial charge >= 0.3 is 5.97 Å². The number of nitrogens with zero attached hydrogens (tertiary/aromatic N) is 3. The number of methoxy groups -OCH3 is 2. The summed E-state index contributed by atoms with van der Waals surface area (Å²) in [6, 6.07) is 8.89. The molecule has 0 unspecified atom stereocenters. The second kappa shape index (κ2) is 10.4.